The van der Waals surface area contributed by atoms with E-state index in [1.54, 1.807) is 11.8 Å². The molecule has 0 aliphatic carbocycles. The number of benzene rings is 1. The number of hydrogen-bond acceptors (Lipinski definition) is 3. The summed E-state index contributed by atoms with van der Waals surface area (Å²) in [6.45, 7) is 3.09. The molecule has 0 bridgehead atoms. The lowest BCUT2D eigenvalue weighted by atomic mass is 10.3. The van der Waals surface area contributed by atoms with Crippen LogP contribution in [0.1, 0.15) is 13.3 Å². The lowest BCUT2D eigenvalue weighted by molar-refractivity contribution is 0.930. The molecule has 0 atom stereocenters. The minimum absolute atomic E-state index is 0.911. The first-order chi connectivity index (χ1) is 8.36. The van der Waals surface area contributed by atoms with Crippen molar-refractivity contribution >= 4 is 17.7 Å². The Labute approximate surface area is 106 Å². The number of nitrogens with one attached hydrogen (secondary N) is 1. The van der Waals surface area contributed by atoms with E-state index in [0.717, 1.165) is 18.9 Å². The molecular formula is C13H17N3S. The monoisotopic (exact) mass is 247 g/mol. The second-order valence-electron chi connectivity index (χ2n) is 3.72. The van der Waals surface area contributed by atoms with Gasteiger partial charge >= 0.3 is 0 Å². The fourth-order valence-corrected chi connectivity index (χ4v) is 2.28. The van der Waals surface area contributed by atoms with Crippen LogP contribution in [0, 0.1) is 0 Å². The molecule has 2 aromatic rings. The van der Waals surface area contributed by atoms with Gasteiger partial charge in [-0.2, -0.15) is 0 Å². The van der Waals surface area contributed by atoms with Gasteiger partial charge in [0.25, 0.3) is 0 Å². The van der Waals surface area contributed by atoms with Crippen molar-refractivity contribution in [2.45, 2.75) is 18.2 Å². The van der Waals surface area contributed by atoms with Crippen LogP contribution in [0.3, 0.4) is 0 Å². The molecule has 1 aromatic heterocycles. The Morgan fingerprint density at radius 3 is 2.94 bits per heavy atom. The number of nitrogens with zero attached hydrogens (tertiary/aromatic N) is 2. The molecule has 1 aromatic carbocycles. The molecule has 0 unspecified atom stereocenters. The smallest absolute Gasteiger partial charge is 0.207 e. The first-order valence-corrected chi connectivity index (χ1v) is 7.00. The molecule has 1 N–H and O–H groups in total. The molecule has 0 saturated carbocycles. The summed E-state index contributed by atoms with van der Waals surface area (Å²) in [5, 5.41) is 3.34. The van der Waals surface area contributed by atoms with Gasteiger partial charge in [-0.05, 0) is 24.8 Å². The Morgan fingerprint density at radius 2 is 2.18 bits per heavy atom. The number of thioether (sulfide) groups is 1. The number of para-hydroxylation sites is 1. The molecular weight excluding hydrogens is 230 g/mol. The van der Waals surface area contributed by atoms with Crippen LogP contribution in [0.15, 0.2) is 41.6 Å². The summed E-state index contributed by atoms with van der Waals surface area (Å²) < 4.78 is 2.10. The second-order valence-corrected chi connectivity index (χ2v) is 4.57. The molecule has 4 heteroatoms. The van der Waals surface area contributed by atoms with Gasteiger partial charge in [-0.15, -0.1) is 11.8 Å². The van der Waals surface area contributed by atoms with Crippen molar-refractivity contribution in [3.8, 4) is 5.69 Å². The molecule has 90 valence electrons. The lowest BCUT2D eigenvalue weighted by Gasteiger charge is -2.12. The fraction of sp³-hybridized carbons (Fsp3) is 0.308. The largest absolute Gasteiger partial charge is 0.355 e. The maximum Gasteiger partial charge on any atom is 0.207 e. The molecule has 0 amide bonds. The predicted octanol–water partition coefficient (Wildman–Crippen LogP) is 3.42. The van der Waals surface area contributed by atoms with Gasteiger partial charge in [-0.1, -0.05) is 19.1 Å². The van der Waals surface area contributed by atoms with E-state index in [1.807, 2.05) is 12.4 Å². The van der Waals surface area contributed by atoms with E-state index in [4.69, 9.17) is 0 Å². The summed E-state index contributed by atoms with van der Waals surface area (Å²) in [6.07, 6.45) is 7.01. The van der Waals surface area contributed by atoms with Crippen LogP contribution < -0.4 is 5.32 Å². The molecule has 0 aliphatic rings. The van der Waals surface area contributed by atoms with Crippen LogP contribution in [0.5, 0.6) is 0 Å². The minimum Gasteiger partial charge on any atom is -0.355 e. The lowest BCUT2D eigenvalue weighted by Crippen LogP contribution is -2.07. The molecule has 0 radical (unpaired) electrons. The van der Waals surface area contributed by atoms with Crippen molar-refractivity contribution in [2.24, 2.45) is 0 Å². The Morgan fingerprint density at radius 1 is 1.35 bits per heavy atom. The Balaban J connectivity index is 2.35. The third-order valence-electron chi connectivity index (χ3n) is 2.52. The van der Waals surface area contributed by atoms with E-state index in [1.165, 1.54) is 10.6 Å². The summed E-state index contributed by atoms with van der Waals surface area (Å²) in [5.41, 5.74) is 1.18. The van der Waals surface area contributed by atoms with Crippen molar-refractivity contribution in [3.05, 3.63) is 36.7 Å². The zero-order valence-electron chi connectivity index (χ0n) is 10.2. The first kappa shape index (κ1) is 12.0. The van der Waals surface area contributed by atoms with Crippen LogP contribution in [0.2, 0.25) is 0 Å². The highest BCUT2D eigenvalue weighted by atomic mass is 32.2. The van der Waals surface area contributed by atoms with E-state index >= 15 is 0 Å². The van der Waals surface area contributed by atoms with Gasteiger partial charge in [0.2, 0.25) is 5.95 Å². The Kier molecular flexibility index (Phi) is 4.09. The highest BCUT2D eigenvalue weighted by Gasteiger charge is 2.07. The van der Waals surface area contributed by atoms with Crippen molar-refractivity contribution < 1.29 is 0 Å². The summed E-state index contributed by atoms with van der Waals surface area (Å²) >= 11 is 1.75. The van der Waals surface area contributed by atoms with E-state index in [9.17, 15) is 0 Å². The third kappa shape index (κ3) is 2.64. The van der Waals surface area contributed by atoms with Gasteiger partial charge in [-0.3, -0.25) is 4.57 Å². The van der Waals surface area contributed by atoms with Gasteiger partial charge in [0.1, 0.15) is 0 Å². The number of anilines is 1. The highest BCUT2D eigenvalue weighted by molar-refractivity contribution is 7.98. The van der Waals surface area contributed by atoms with Gasteiger partial charge in [-0.25, -0.2) is 4.98 Å². The van der Waals surface area contributed by atoms with Crippen LogP contribution in [0.4, 0.5) is 5.95 Å². The van der Waals surface area contributed by atoms with Crippen molar-refractivity contribution in [1.82, 2.24) is 9.55 Å². The number of rotatable bonds is 5. The van der Waals surface area contributed by atoms with E-state index in [0.29, 0.717) is 0 Å². The third-order valence-corrected chi connectivity index (χ3v) is 3.30. The number of aromatic nitrogens is 2. The van der Waals surface area contributed by atoms with Gasteiger partial charge < -0.3 is 5.32 Å². The van der Waals surface area contributed by atoms with Crippen LogP contribution >= 0.6 is 11.8 Å². The Hall–Kier alpha value is -1.42. The number of imidazole rings is 1. The van der Waals surface area contributed by atoms with Crippen molar-refractivity contribution in [1.29, 1.82) is 0 Å². The van der Waals surface area contributed by atoms with E-state index in [-0.39, 0.29) is 0 Å². The SMILES string of the molecule is CCCNc1nccn1-c1ccccc1SC. The van der Waals surface area contributed by atoms with Crippen molar-refractivity contribution in [2.75, 3.05) is 18.1 Å². The van der Waals surface area contributed by atoms with Gasteiger partial charge in [0.15, 0.2) is 0 Å². The molecule has 0 aliphatic heterocycles. The summed E-state index contributed by atoms with van der Waals surface area (Å²) in [6, 6.07) is 8.36. The minimum atomic E-state index is 0.911. The maximum absolute atomic E-state index is 4.35. The molecule has 0 saturated heterocycles. The molecule has 17 heavy (non-hydrogen) atoms. The van der Waals surface area contributed by atoms with Crippen LogP contribution in [-0.4, -0.2) is 22.4 Å². The average Bonchev–Trinajstić information content (AvgIpc) is 2.84. The fourth-order valence-electron chi connectivity index (χ4n) is 1.69. The van der Waals surface area contributed by atoms with Gasteiger partial charge in [0, 0.05) is 23.8 Å². The molecule has 1 heterocycles. The summed E-state index contributed by atoms with van der Waals surface area (Å²) in [5.74, 6) is 0.911. The van der Waals surface area contributed by atoms with Crippen LogP contribution in [-0.2, 0) is 0 Å². The molecule has 3 nitrogen and oxygen atoms in total. The Bertz CT molecular complexity index is 479. The average molecular weight is 247 g/mol. The highest BCUT2D eigenvalue weighted by Crippen LogP contribution is 2.25. The van der Waals surface area contributed by atoms with Gasteiger partial charge in [0.05, 0.1) is 5.69 Å². The summed E-state index contributed by atoms with van der Waals surface area (Å²) in [4.78, 5) is 5.60. The molecule has 2 rings (SSSR count). The standard InChI is InChI=1S/C13H17N3S/c1-3-8-14-13-15-9-10-16(13)11-6-4-5-7-12(11)17-2/h4-7,9-10H,3,8H2,1-2H3,(H,14,15). The van der Waals surface area contributed by atoms with E-state index in [2.05, 4.69) is 52.3 Å². The number of hydrogen-bond donors (Lipinski definition) is 1. The normalized spacial score (nSPS) is 10.5. The second kappa shape index (κ2) is 5.77. The maximum atomic E-state index is 4.35. The van der Waals surface area contributed by atoms with Crippen molar-refractivity contribution in [3.63, 3.8) is 0 Å². The topological polar surface area (TPSA) is 29.9 Å². The van der Waals surface area contributed by atoms with E-state index < -0.39 is 0 Å². The zero-order chi connectivity index (χ0) is 12.1. The molecule has 0 fully saturated rings. The first-order valence-electron chi connectivity index (χ1n) is 5.77. The predicted molar refractivity (Wildman–Crippen MR) is 74.1 cm³/mol. The molecule has 0 spiro atoms. The quantitative estimate of drug-likeness (QED) is 0.821. The zero-order valence-corrected chi connectivity index (χ0v) is 11.0. The van der Waals surface area contributed by atoms with Crippen LogP contribution in [0.25, 0.3) is 5.69 Å². The summed E-state index contributed by atoms with van der Waals surface area (Å²) in [7, 11) is 0.